The van der Waals surface area contributed by atoms with E-state index in [9.17, 15) is 4.79 Å². The largest absolute Gasteiger partial charge is 0.464 e. The normalized spacial score (nSPS) is 11.4. The van der Waals surface area contributed by atoms with Gasteiger partial charge in [0, 0.05) is 23.1 Å². The first kappa shape index (κ1) is 18.3. The van der Waals surface area contributed by atoms with E-state index in [2.05, 4.69) is 49.7 Å². The van der Waals surface area contributed by atoms with Crippen molar-refractivity contribution in [3.8, 4) is 0 Å². The fourth-order valence-electron chi connectivity index (χ4n) is 3.72. The van der Waals surface area contributed by atoms with Crippen LogP contribution in [0.3, 0.4) is 0 Å². The van der Waals surface area contributed by atoms with Crippen LogP contribution in [0.5, 0.6) is 0 Å². The first-order chi connectivity index (χ1) is 13.6. The maximum atomic E-state index is 12.6. The van der Waals surface area contributed by atoms with Crippen molar-refractivity contribution in [2.24, 2.45) is 0 Å². The third kappa shape index (κ3) is 3.78. The predicted molar refractivity (Wildman–Crippen MR) is 112 cm³/mol. The minimum Gasteiger partial charge on any atom is -0.464 e. The highest BCUT2D eigenvalue weighted by Crippen LogP contribution is 2.30. The van der Waals surface area contributed by atoms with Gasteiger partial charge >= 0.3 is 0 Å². The molecule has 4 rings (SSSR count). The number of amides is 1. The molecule has 0 atom stereocenters. The third-order valence-corrected chi connectivity index (χ3v) is 5.03. The van der Waals surface area contributed by atoms with Gasteiger partial charge in [0.15, 0.2) is 0 Å². The van der Waals surface area contributed by atoms with Crippen LogP contribution in [0.1, 0.15) is 16.7 Å². The number of hydrogen-bond donors (Lipinski definition) is 2. The van der Waals surface area contributed by atoms with Crippen molar-refractivity contribution in [2.75, 3.05) is 14.1 Å². The molecular weight excluding hydrogens is 348 g/mol. The zero-order valence-electron chi connectivity index (χ0n) is 16.3. The van der Waals surface area contributed by atoms with Crippen LogP contribution in [0, 0.1) is 0 Å². The Labute approximate surface area is 164 Å². The van der Waals surface area contributed by atoms with Gasteiger partial charge in [-0.3, -0.25) is 4.79 Å². The average Bonchev–Trinajstić information content (AvgIpc) is 3.10. The second-order valence-electron chi connectivity index (χ2n) is 7.53. The van der Waals surface area contributed by atoms with E-state index in [-0.39, 0.29) is 5.91 Å². The lowest BCUT2D eigenvalue weighted by Gasteiger charge is -2.13. The number of carbonyl (C=O) groups excluding carboxylic acids is 1. The lowest BCUT2D eigenvalue weighted by molar-refractivity contribution is -0.872. The molecule has 0 saturated carbocycles. The molecule has 0 aliphatic carbocycles. The molecule has 4 heteroatoms. The van der Waals surface area contributed by atoms with E-state index >= 15 is 0 Å². The van der Waals surface area contributed by atoms with Crippen molar-refractivity contribution in [3.63, 3.8) is 0 Å². The molecule has 4 aromatic rings. The molecule has 0 saturated heterocycles. The van der Waals surface area contributed by atoms with Crippen LogP contribution >= 0.6 is 0 Å². The Kier molecular flexibility index (Phi) is 5.13. The standard InChI is InChI=1S/C24H24N2O2/c1-26(2)15-19-9-4-3-8-18(19)14-25-23(27)13-20-16-28-22-12-11-17-7-5-6-10-21(17)24(20)22/h3-12,16H,13-15H2,1-2H3,(H,25,27)/p+1. The molecule has 1 amide bonds. The quantitative estimate of drug-likeness (QED) is 0.546. The van der Waals surface area contributed by atoms with E-state index in [1.165, 1.54) is 16.0 Å². The molecule has 2 N–H and O–H groups in total. The highest BCUT2D eigenvalue weighted by molar-refractivity contribution is 6.08. The maximum absolute atomic E-state index is 12.6. The van der Waals surface area contributed by atoms with Crippen LogP contribution in [0.4, 0.5) is 0 Å². The van der Waals surface area contributed by atoms with Gasteiger partial charge in [0.05, 0.1) is 26.8 Å². The summed E-state index contributed by atoms with van der Waals surface area (Å²) in [5.74, 6) is 0.00244. The van der Waals surface area contributed by atoms with Gasteiger partial charge in [0.2, 0.25) is 5.91 Å². The molecule has 0 aliphatic heterocycles. The Bertz CT molecular complexity index is 1130. The Morgan fingerprint density at radius 3 is 2.50 bits per heavy atom. The van der Waals surface area contributed by atoms with Crippen LogP contribution < -0.4 is 10.2 Å². The molecular formula is C24H25N2O2+. The van der Waals surface area contributed by atoms with Crippen LogP contribution in [0.15, 0.2) is 71.3 Å². The lowest BCUT2D eigenvalue weighted by Crippen LogP contribution is -3.04. The topological polar surface area (TPSA) is 46.7 Å². The maximum Gasteiger partial charge on any atom is 0.224 e. The van der Waals surface area contributed by atoms with E-state index in [1.54, 1.807) is 6.26 Å². The third-order valence-electron chi connectivity index (χ3n) is 5.03. The smallest absolute Gasteiger partial charge is 0.224 e. The summed E-state index contributed by atoms with van der Waals surface area (Å²) in [4.78, 5) is 14.0. The van der Waals surface area contributed by atoms with Gasteiger partial charge in [-0.1, -0.05) is 54.6 Å². The summed E-state index contributed by atoms with van der Waals surface area (Å²) in [5, 5.41) is 6.38. The number of rotatable bonds is 6. The number of hydrogen-bond acceptors (Lipinski definition) is 2. The fourth-order valence-corrected chi connectivity index (χ4v) is 3.72. The molecule has 0 aliphatic rings. The second-order valence-corrected chi connectivity index (χ2v) is 7.53. The summed E-state index contributed by atoms with van der Waals surface area (Å²) in [6.45, 7) is 1.48. The summed E-state index contributed by atoms with van der Waals surface area (Å²) in [5.41, 5.74) is 4.18. The van der Waals surface area contributed by atoms with E-state index in [0.29, 0.717) is 13.0 Å². The fraction of sp³-hybridized carbons (Fsp3) is 0.208. The number of quaternary nitrogens is 1. The van der Waals surface area contributed by atoms with Gasteiger partial charge in [0.25, 0.3) is 0 Å². The Morgan fingerprint density at radius 1 is 0.929 bits per heavy atom. The van der Waals surface area contributed by atoms with Gasteiger partial charge in [0.1, 0.15) is 12.1 Å². The minimum absolute atomic E-state index is 0.00244. The van der Waals surface area contributed by atoms with Crippen LogP contribution in [0.2, 0.25) is 0 Å². The molecule has 1 aromatic heterocycles. The second kappa shape index (κ2) is 7.87. The van der Waals surface area contributed by atoms with Crippen LogP contribution in [-0.4, -0.2) is 20.0 Å². The van der Waals surface area contributed by atoms with E-state index in [1.807, 2.05) is 30.3 Å². The zero-order chi connectivity index (χ0) is 19.5. The summed E-state index contributed by atoms with van der Waals surface area (Å²) < 4.78 is 5.70. The number of furan rings is 1. The zero-order valence-corrected chi connectivity index (χ0v) is 16.3. The molecule has 0 fully saturated rings. The number of benzene rings is 3. The van der Waals surface area contributed by atoms with Crippen LogP contribution in [-0.2, 0) is 24.3 Å². The molecule has 142 valence electrons. The molecule has 1 heterocycles. The Morgan fingerprint density at radius 2 is 1.68 bits per heavy atom. The monoisotopic (exact) mass is 373 g/mol. The number of carbonyl (C=O) groups is 1. The molecule has 0 spiro atoms. The SMILES string of the molecule is C[NH+](C)Cc1ccccc1CNC(=O)Cc1coc2ccc3ccccc3c12. The summed E-state index contributed by atoms with van der Waals surface area (Å²) in [7, 11) is 4.26. The first-order valence-corrected chi connectivity index (χ1v) is 9.62. The van der Waals surface area contributed by atoms with E-state index < -0.39 is 0 Å². The molecule has 0 radical (unpaired) electrons. The summed E-state index contributed by atoms with van der Waals surface area (Å²) in [6, 6.07) is 20.5. The number of nitrogens with one attached hydrogen (secondary N) is 2. The van der Waals surface area contributed by atoms with Crippen molar-refractivity contribution in [1.82, 2.24) is 5.32 Å². The van der Waals surface area contributed by atoms with Crippen molar-refractivity contribution < 1.29 is 14.1 Å². The summed E-state index contributed by atoms with van der Waals surface area (Å²) in [6.07, 6.45) is 2.02. The summed E-state index contributed by atoms with van der Waals surface area (Å²) >= 11 is 0. The predicted octanol–water partition coefficient (Wildman–Crippen LogP) is 3.09. The highest BCUT2D eigenvalue weighted by atomic mass is 16.3. The minimum atomic E-state index is 0.00244. The average molecular weight is 373 g/mol. The molecule has 4 nitrogen and oxygen atoms in total. The Hall–Kier alpha value is -3.11. The van der Waals surface area contributed by atoms with E-state index in [0.717, 1.165) is 33.8 Å². The van der Waals surface area contributed by atoms with Crippen molar-refractivity contribution in [3.05, 3.63) is 83.6 Å². The highest BCUT2D eigenvalue weighted by Gasteiger charge is 2.14. The molecule has 0 unspecified atom stereocenters. The van der Waals surface area contributed by atoms with Gasteiger partial charge < -0.3 is 14.6 Å². The first-order valence-electron chi connectivity index (χ1n) is 9.62. The van der Waals surface area contributed by atoms with Gasteiger partial charge in [-0.25, -0.2) is 0 Å². The van der Waals surface area contributed by atoms with E-state index in [4.69, 9.17) is 4.42 Å². The van der Waals surface area contributed by atoms with Gasteiger partial charge in [-0.15, -0.1) is 0 Å². The van der Waals surface area contributed by atoms with Crippen molar-refractivity contribution >= 4 is 27.6 Å². The van der Waals surface area contributed by atoms with Gasteiger partial charge in [-0.05, 0) is 22.4 Å². The Balaban J connectivity index is 1.52. The molecule has 28 heavy (non-hydrogen) atoms. The van der Waals surface area contributed by atoms with Crippen molar-refractivity contribution in [2.45, 2.75) is 19.5 Å². The van der Waals surface area contributed by atoms with Crippen molar-refractivity contribution in [1.29, 1.82) is 0 Å². The molecule has 0 bridgehead atoms. The lowest BCUT2D eigenvalue weighted by atomic mass is 10.0. The number of fused-ring (bicyclic) bond motifs is 3. The van der Waals surface area contributed by atoms with Gasteiger partial charge in [-0.2, -0.15) is 0 Å². The van der Waals surface area contributed by atoms with Crippen LogP contribution in [0.25, 0.3) is 21.7 Å². The molecule has 3 aromatic carbocycles.